The van der Waals surface area contributed by atoms with E-state index in [-0.39, 0.29) is 0 Å². The molecule has 0 amide bonds. The Morgan fingerprint density at radius 2 is 2.00 bits per heavy atom. The lowest BCUT2D eigenvalue weighted by molar-refractivity contribution is 0.407. The molecule has 1 aromatic rings. The van der Waals surface area contributed by atoms with E-state index in [1.54, 1.807) is 13.3 Å². The maximum absolute atomic E-state index is 4.92. The first kappa shape index (κ1) is 9.88. The minimum atomic E-state index is 0.734. The second kappa shape index (κ2) is 5.65. The Hall–Kier alpha value is -1.12. The Morgan fingerprint density at radius 1 is 1.36 bits per heavy atom. The number of methoxy groups -OCH3 is 1. The topological polar surface area (TPSA) is 35.0 Å². The first-order valence-electron chi connectivity index (χ1n) is 3.65. The number of aromatic nitrogens is 2. The molecule has 0 aromatic carbocycles. The molecular formula is C8H14N2O. The van der Waals surface area contributed by atoms with Gasteiger partial charge in [0.15, 0.2) is 5.75 Å². The minimum absolute atomic E-state index is 0.734. The third kappa shape index (κ3) is 2.98. The molecule has 0 N–H and O–H groups in total. The predicted octanol–water partition coefficient (Wildman–Crippen LogP) is 1.82. The van der Waals surface area contributed by atoms with Gasteiger partial charge in [-0.3, -0.25) is 0 Å². The zero-order valence-corrected chi connectivity index (χ0v) is 7.46. The average molecular weight is 154 g/mol. The van der Waals surface area contributed by atoms with Crippen molar-refractivity contribution >= 4 is 0 Å². The molecule has 0 atom stereocenters. The van der Waals surface area contributed by atoms with Crippen LogP contribution in [0.5, 0.6) is 5.75 Å². The van der Waals surface area contributed by atoms with Crippen LogP contribution in [0.4, 0.5) is 0 Å². The summed E-state index contributed by atoms with van der Waals surface area (Å²) in [5.41, 5.74) is 0.868. The van der Waals surface area contributed by atoms with E-state index in [1.165, 1.54) is 6.33 Å². The molecule has 0 bridgehead atoms. The maximum atomic E-state index is 4.92. The van der Waals surface area contributed by atoms with Gasteiger partial charge < -0.3 is 4.74 Å². The standard InChI is InChI=1S/C6H8N2O.C2H6/c1-5-6(9-2)3-7-4-8-5;1-2/h3-4H,1-2H3;1-2H3. The average Bonchev–Trinajstić information content (AvgIpc) is 2.09. The van der Waals surface area contributed by atoms with Crippen molar-refractivity contribution in [3.8, 4) is 5.75 Å². The number of aryl methyl sites for hydroxylation is 1. The van der Waals surface area contributed by atoms with Crippen LogP contribution >= 0.6 is 0 Å². The summed E-state index contributed by atoms with van der Waals surface area (Å²) in [4.78, 5) is 7.69. The van der Waals surface area contributed by atoms with E-state index in [1.807, 2.05) is 20.8 Å². The summed E-state index contributed by atoms with van der Waals surface area (Å²) in [6.45, 7) is 5.88. The summed E-state index contributed by atoms with van der Waals surface area (Å²) in [5.74, 6) is 0.734. The van der Waals surface area contributed by atoms with Crippen LogP contribution in [0.1, 0.15) is 19.5 Å². The van der Waals surface area contributed by atoms with Gasteiger partial charge in [-0.1, -0.05) is 13.8 Å². The fourth-order valence-corrected chi connectivity index (χ4v) is 0.578. The van der Waals surface area contributed by atoms with Crippen molar-refractivity contribution in [2.45, 2.75) is 20.8 Å². The van der Waals surface area contributed by atoms with E-state index >= 15 is 0 Å². The molecule has 0 saturated carbocycles. The van der Waals surface area contributed by atoms with Gasteiger partial charge in [0.2, 0.25) is 0 Å². The van der Waals surface area contributed by atoms with Gasteiger partial charge in [-0.2, -0.15) is 0 Å². The van der Waals surface area contributed by atoms with Gasteiger partial charge in [0.25, 0.3) is 0 Å². The van der Waals surface area contributed by atoms with Crippen molar-refractivity contribution in [1.29, 1.82) is 0 Å². The number of rotatable bonds is 1. The lowest BCUT2D eigenvalue weighted by atomic mass is 10.4. The van der Waals surface area contributed by atoms with Gasteiger partial charge in [0.05, 0.1) is 19.0 Å². The lowest BCUT2D eigenvalue weighted by Crippen LogP contribution is -1.89. The second-order valence-corrected chi connectivity index (χ2v) is 1.68. The van der Waals surface area contributed by atoms with Crippen LogP contribution in [0.15, 0.2) is 12.5 Å². The van der Waals surface area contributed by atoms with Crippen molar-refractivity contribution in [3.63, 3.8) is 0 Å². The molecule has 1 aromatic heterocycles. The molecule has 1 rings (SSSR count). The highest BCUT2D eigenvalue weighted by Gasteiger charge is 1.93. The predicted molar refractivity (Wildman–Crippen MR) is 44.7 cm³/mol. The van der Waals surface area contributed by atoms with Gasteiger partial charge in [-0.15, -0.1) is 0 Å². The monoisotopic (exact) mass is 154 g/mol. The molecule has 0 saturated heterocycles. The normalized spacial score (nSPS) is 8.00. The molecule has 0 fully saturated rings. The van der Waals surface area contributed by atoms with Crippen LogP contribution < -0.4 is 4.74 Å². The highest BCUT2D eigenvalue weighted by molar-refractivity contribution is 5.20. The van der Waals surface area contributed by atoms with E-state index in [0.717, 1.165) is 11.4 Å². The number of hydrogen-bond acceptors (Lipinski definition) is 3. The summed E-state index contributed by atoms with van der Waals surface area (Å²) in [6.07, 6.45) is 3.14. The molecule has 0 spiro atoms. The molecule has 0 aliphatic heterocycles. The number of hydrogen-bond donors (Lipinski definition) is 0. The van der Waals surface area contributed by atoms with Gasteiger partial charge in [0, 0.05) is 0 Å². The largest absolute Gasteiger partial charge is 0.493 e. The van der Waals surface area contributed by atoms with Crippen LogP contribution in [0, 0.1) is 6.92 Å². The first-order valence-corrected chi connectivity index (χ1v) is 3.65. The zero-order chi connectivity index (χ0) is 8.69. The molecule has 0 aliphatic rings. The smallest absolute Gasteiger partial charge is 0.158 e. The SMILES string of the molecule is CC.COc1cncnc1C. The zero-order valence-electron chi connectivity index (χ0n) is 7.46. The van der Waals surface area contributed by atoms with Crippen LogP contribution in [-0.2, 0) is 0 Å². The molecule has 0 aliphatic carbocycles. The van der Waals surface area contributed by atoms with Crippen molar-refractivity contribution in [1.82, 2.24) is 9.97 Å². The molecular weight excluding hydrogens is 140 g/mol. The minimum Gasteiger partial charge on any atom is -0.493 e. The molecule has 3 heteroatoms. The maximum Gasteiger partial charge on any atom is 0.158 e. The second-order valence-electron chi connectivity index (χ2n) is 1.68. The van der Waals surface area contributed by atoms with Gasteiger partial charge in [-0.25, -0.2) is 9.97 Å². The number of nitrogens with zero attached hydrogens (tertiary/aromatic N) is 2. The van der Waals surface area contributed by atoms with Crippen LogP contribution in [-0.4, -0.2) is 17.1 Å². The molecule has 62 valence electrons. The van der Waals surface area contributed by atoms with E-state index < -0.39 is 0 Å². The van der Waals surface area contributed by atoms with Crippen LogP contribution in [0.3, 0.4) is 0 Å². The van der Waals surface area contributed by atoms with E-state index in [9.17, 15) is 0 Å². The third-order valence-electron chi connectivity index (χ3n) is 1.09. The van der Waals surface area contributed by atoms with Gasteiger partial charge >= 0.3 is 0 Å². The Bertz CT molecular complexity index is 201. The molecule has 3 nitrogen and oxygen atoms in total. The van der Waals surface area contributed by atoms with Crippen molar-refractivity contribution < 1.29 is 4.74 Å². The first-order chi connectivity index (χ1) is 5.34. The van der Waals surface area contributed by atoms with Crippen molar-refractivity contribution in [2.24, 2.45) is 0 Å². The Balaban J connectivity index is 0.000000461. The molecule has 1 heterocycles. The Morgan fingerprint density at radius 3 is 2.36 bits per heavy atom. The van der Waals surface area contributed by atoms with Crippen LogP contribution in [0.2, 0.25) is 0 Å². The fraction of sp³-hybridized carbons (Fsp3) is 0.500. The van der Waals surface area contributed by atoms with Crippen LogP contribution in [0.25, 0.3) is 0 Å². The fourth-order valence-electron chi connectivity index (χ4n) is 0.578. The third-order valence-corrected chi connectivity index (χ3v) is 1.09. The highest BCUT2D eigenvalue weighted by Crippen LogP contribution is 2.09. The lowest BCUT2D eigenvalue weighted by Gasteiger charge is -1.98. The number of ether oxygens (including phenoxy) is 1. The molecule has 11 heavy (non-hydrogen) atoms. The molecule has 0 radical (unpaired) electrons. The summed E-state index contributed by atoms with van der Waals surface area (Å²) >= 11 is 0. The Labute approximate surface area is 67.4 Å². The van der Waals surface area contributed by atoms with Gasteiger partial charge in [0.1, 0.15) is 6.33 Å². The summed E-state index contributed by atoms with van der Waals surface area (Å²) < 4.78 is 4.92. The highest BCUT2D eigenvalue weighted by atomic mass is 16.5. The summed E-state index contributed by atoms with van der Waals surface area (Å²) in [7, 11) is 1.60. The van der Waals surface area contributed by atoms with E-state index in [4.69, 9.17) is 4.74 Å². The van der Waals surface area contributed by atoms with E-state index in [2.05, 4.69) is 9.97 Å². The summed E-state index contributed by atoms with van der Waals surface area (Å²) in [5, 5.41) is 0. The van der Waals surface area contributed by atoms with Gasteiger partial charge in [-0.05, 0) is 6.92 Å². The Kier molecular flexibility index (Phi) is 5.07. The molecule has 0 unspecified atom stereocenters. The van der Waals surface area contributed by atoms with E-state index in [0.29, 0.717) is 0 Å². The quantitative estimate of drug-likeness (QED) is 0.619. The van der Waals surface area contributed by atoms with Crippen molar-refractivity contribution in [3.05, 3.63) is 18.2 Å². The summed E-state index contributed by atoms with van der Waals surface area (Å²) in [6, 6.07) is 0. The van der Waals surface area contributed by atoms with Crippen molar-refractivity contribution in [2.75, 3.05) is 7.11 Å².